The second kappa shape index (κ2) is 11.6. The van der Waals surface area contributed by atoms with Crippen molar-refractivity contribution in [3.8, 4) is 0 Å². The van der Waals surface area contributed by atoms with Gasteiger partial charge in [-0.3, -0.25) is 14.5 Å². The van der Waals surface area contributed by atoms with Crippen LogP contribution in [0.25, 0.3) is 0 Å². The molecule has 0 saturated heterocycles. The fourth-order valence-corrected chi connectivity index (χ4v) is 1.65. The number of ether oxygens (including phenoxy) is 4. The number of amides is 3. The van der Waals surface area contributed by atoms with Gasteiger partial charge in [0, 0.05) is 18.7 Å². The minimum absolute atomic E-state index is 0.237. The molecular formula is C14H22N2O7. The topological polar surface area (TPSA) is 103 Å². The van der Waals surface area contributed by atoms with Gasteiger partial charge in [-0.1, -0.05) is 0 Å². The van der Waals surface area contributed by atoms with E-state index in [0.29, 0.717) is 39.6 Å². The van der Waals surface area contributed by atoms with Crippen molar-refractivity contribution >= 4 is 17.9 Å². The standard InChI is InChI=1S/C14H22N2O7/c1-20-14(19)15-4-6-21-8-10-23-11-9-22-7-5-16-12(17)2-3-13(16)18/h2-3H,4-11H2,1H3,(H,15,19). The monoisotopic (exact) mass is 330 g/mol. The molecule has 130 valence electrons. The number of hydrogen-bond donors (Lipinski definition) is 1. The Morgan fingerprint density at radius 3 is 2.04 bits per heavy atom. The number of alkyl carbamates (subject to hydrolysis) is 1. The smallest absolute Gasteiger partial charge is 0.406 e. The van der Waals surface area contributed by atoms with Gasteiger partial charge in [0.2, 0.25) is 0 Å². The molecule has 23 heavy (non-hydrogen) atoms. The van der Waals surface area contributed by atoms with Crippen molar-refractivity contribution in [2.24, 2.45) is 0 Å². The van der Waals surface area contributed by atoms with E-state index in [9.17, 15) is 14.4 Å². The third-order valence-corrected chi connectivity index (χ3v) is 2.80. The van der Waals surface area contributed by atoms with Crippen LogP contribution in [-0.2, 0) is 28.5 Å². The summed E-state index contributed by atoms with van der Waals surface area (Å²) < 4.78 is 20.2. The van der Waals surface area contributed by atoms with E-state index < -0.39 is 6.09 Å². The summed E-state index contributed by atoms with van der Waals surface area (Å²) in [6.45, 7) is 2.84. The van der Waals surface area contributed by atoms with Gasteiger partial charge in [0.05, 0.1) is 53.3 Å². The van der Waals surface area contributed by atoms with Crippen molar-refractivity contribution in [2.75, 3.05) is 59.8 Å². The summed E-state index contributed by atoms with van der Waals surface area (Å²) in [5, 5.41) is 2.48. The van der Waals surface area contributed by atoms with E-state index in [2.05, 4.69) is 10.1 Å². The molecule has 1 N–H and O–H groups in total. The molecule has 1 heterocycles. The molecule has 0 unspecified atom stereocenters. The van der Waals surface area contributed by atoms with E-state index in [-0.39, 0.29) is 25.0 Å². The van der Waals surface area contributed by atoms with Crippen LogP contribution in [0.1, 0.15) is 0 Å². The maximum Gasteiger partial charge on any atom is 0.406 e. The molecule has 1 aliphatic rings. The Balaban J connectivity index is 1.81. The fraction of sp³-hybridized carbons (Fsp3) is 0.643. The number of nitrogens with one attached hydrogen (secondary N) is 1. The Labute approximate surface area is 134 Å². The van der Waals surface area contributed by atoms with Crippen LogP contribution in [-0.4, -0.2) is 82.6 Å². The van der Waals surface area contributed by atoms with Gasteiger partial charge >= 0.3 is 6.09 Å². The highest BCUT2D eigenvalue weighted by atomic mass is 16.5. The van der Waals surface area contributed by atoms with Crippen molar-refractivity contribution in [2.45, 2.75) is 0 Å². The fourth-order valence-electron chi connectivity index (χ4n) is 1.65. The van der Waals surface area contributed by atoms with Crippen molar-refractivity contribution < 1.29 is 33.3 Å². The zero-order valence-electron chi connectivity index (χ0n) is 13.1. The molecule has 0 atom stereocenters. The zero-order chi connectivity index (χ0) is 16.9. The van der Waals surface area contributed by atoms with Crippen LogP contribution in [0.4, 0.5) is 4.79 Å². The first-order chi connectivity index (χ1) is 11.1. The number of imide groups is 1. The summed E-state index contributed by atoms with van der Waals surface area (Å²) in [6.07, 6.45) is 1.99. The van der Waals surface area contributed by atoms with Crippen LogP contribution in [0.3, 0.4) is 0 Å². The Morgan fingerprint density at radius 2 is 1.48 bits per heavy atom. The molecule has 0 aliphatic carbocycles. The maximum atomic E-state index is 11.2. The summed E-state index contributed by atoms with van der Waals surface area (Å²) in [4.78, 5) is 34.3. The minimum atomic E-state index is -0.491. The van der Waals surface area contributed by atoms with Gasteiger partial charge in [-0.15, -0.1) is 0 Å². The predicted octanol–water partition coefficient (Wildman–Crippen LogP) is -0.683. The molecule has 9 nitrogen and oxygen atoms in total. The first-order valence-electron chi connectivity index (χ1n) is 7.23. The normalized spacial score (nSPS) is 13.7. The third-order valence-electron chi connectivity index (χ3n) is 2.80. The van der Waals surface area contributed by atoms with Crippen molar-refractivity contribution in [1.29, 1.82) is 0 Å². The van der Waals surface area contributed by atoms with E-state index in [1.807, 2.05) is 0 Å². The second-order valence-electron chi connectivity index (χ2n) is 4.42. The molecule has 0 radical (unpaired) electrons. The maximum absolute atomic E-state index is 11.2. The van der Waals surface area contributed by atoms with Crippen molar-refractivity contribution in [3.05, 3.63) is 12.2 Å². The summed E-state index contributed by atoms with van der Waals surface area (Å²) in [5.41, 5.74) is 0. The molecule has 0 spiro atoms. The molecule has 0 aromatic heterocycles. The SMILES string of the molecule is COC(=O)NCCOCCOCCOCCN1C(=O)C=CC1=O. The highest BCUT2D eigenvalue weighted by Crippen LogP contribution is 2.02. The Hall–Kier alpha value is -1.97. The molecule has 9 heteroatoms. The average Bonchev–Trinajstić information content (AvgIpc) is 2.87. The van der Waals surface area contributed by atoms with E-state index >= 15 is 0 Å². The van der Waals surface area contributed by atoms with Crippen LogP contribution in [0.5, 0.6) is 0 Å². The zero-order valence-corrected chi connectivity index (χ0v) is 13.1. The van der Waals surface area contributed by atoms with E-state index in [1.54, 1.807) is 0 Å². The Morgan fingerprint density at radius 1 is 0.957 bits per heavy atom. The summed E-state index contributed by atoms with van der Waals surface area (Å²) in [7, 11) is 1.30. The van der Waals surface area contributed by atoms with E-state index in [4.69, 9.17) is 14.2 Å². The quantitative estimate of drug-likeness (QED) is 0.373. The predicted molar refractivity (Wildman–Crippen MR) is 78.7 cm³/mol. The van der Waals surface area contributed by atoms with E-state index in [0.717, 1.165) is 4.90 Å². The van der Waals surface area contributed by atoms with Gasteiger partial charge < -0.3 is 24.3 Å². The van der Waals surface area contributed by atoms with Crippen LogP contribution in [0, 0.1) is 0 Å². The molecule has 0 aromatic carbocycles. The minimum Gasteiger partial charge on any atom is -0.453 e. The van der Waals surface area contributed by atoms with Gasteiger partial charge in [0.15, 0.2) is 0 Å². The van der Waals surface area contributed by atoms with Gasteiger partial charge in [-0.25, -0.2) is 4.79 Å². The van der Waals surface area contributed by atoms with Gasteiger partial charge in [0.25, 0.3) is 11.8 Å². The number of methoxy groups -OCH3 is 1. The second-order valence-corrected chi connectivity index (χ2v) is 4.42. The number of carbonyl (C=O) groups is 3. The molecule has 0 fully saturated rings. The van der Waals surface area contributed by atoms with Gasteiger partial charge in [-0.2, -0.15) is 0 Å². The van der Waals surface area contributed by atoms with Crippen LogP contribution in [0.15, 0.2) is 12.2 Å². The molecule has 1 aliphatic heterocycles. The number of carbonyl (C=O) groups excluding carboxylic acids is 3. The lowest BCUT2D eigenvalue weighted by molar-refractivity contribution is -0.137. The van der Waals surface area contributed by atoms with Gasteiger partial charge in [0.1, 0.15) is 0 Å². The summed E-state index contributed by atoms with van der Waals surface area (Å²) >= 11 is 0. The Kier molecular flexibility index (Phi) is 9.60. The highest BCUT2D eigenvalue weighted by molar-refractivity contribution is 6.12. The number of rotatable bonds is 12. The number of hydrogen-bond acceptors (Lipinski definition) is 7. The Bertz CT molecular complexity index is 407. The lowest BCUT2D eigenvalue weighted by Gasteiger charge is -2.13. The van der Waals surface area contributed by atoms with Gasteiger partial charge in [-0.05, 0) is 0 Å². The molecule has 3 amide bonds. The molecule has 0 saturated carbocycles. The highest BCUT2D eigenvalue weighted by Gasteiger charge is 2.22. The molecule has 1 rings (SSSR count). The molecule has 0 bridgehead atoms. The lowest BCUT2D eigenvalue weighted by Crippen LogP contribution is -2.33. The summed E-state index contributed by atoms with van der Waals surface area (Å²) in [6, 6.07) is 0. The first-order valence-corrected chi connectivity index (χ1v) is 7.23. The largest absolute Gasteiger partial charge is 0.453 e. The third kappa shape index (κ3) is 8.29. The van der Waals surface area contributed by atoms with Crippen LogP contribution >= 0.6 is 0 Å². The van der Waals surface area contributed by atoms with Crippen molar-refractivity contribution in [1.82, 2.24) is 10.2 Å². The number of nitrogens with zero attached hydrogens (tertiary/aromatic N) is 1. The summed E-state index contributed by atoms with van der Waals surface area (Å²) in [5.74, 6) is -0.623. The van der Waals surface area contributed by atoms with E-state index in [1.165, 1.54) is 19.3 Å². The first kappa shape index (κ1) is 19.1. The lowest BCUT2D eigenvalue weighted by atomic mass is 10.5. The molecular weight excluding hydrogens is 308 g/mol. The van der Waals surface area contributed by atoms with Crippen molar-refractivity contribution in [3.63, 3.8) is 0 Å². The van der Waals surface area contributed by atoms with Crippen LogP contribution in [0.2, 0.25) is 0 Å². The van der Waals surface area contributed by atoms with Crippen LogP contribution < -0.4 is 5.32 Å². The molecule has 0 aromatic rings. The average molecular weight is 330 g/mol.